The van der Waals surface area contributed by atoms with Crippen molar-refractivity contribution in [3.8, 4) is 0 Å². The Morgan fingerprint density at radius 1 is 1.35 bits per heavy atom. The molecule has 20 heavy (non-hydrogen) atoms. The molecular formula is C15H23N5. The molecule has 0 radical (unpaired) electrons. The molecule has 0 spiro atoms. The van der Waals surface area contributed by atoms with Gasteiger partial charge in [0.05, 0.1) is 11.0 Å². The zero-order valence-corrected chi connectivity index (χ0v) is 12.4. The Bertz CT molecular complexity index is 537. The fourth-order valence-corrected chi connectivity index (χ4v) is 1.99. The number of guanidine groups is 1. The first-order chi connectivity index (χ1) is 9.69. The molecule has 0 aliphatic heterocycles. The van der Waals surface area contributed by atoms with Crippen molar-refractivity contribution in [2.75, 3.05) is 13.1 Å². The highest BCUT2D eigenvalue weighted by Gasteiger charge is 2.02. The second kappa shape index (κ2) is 6.93. The van der Waals surface area contributed by atoms with Crippen LogP contribution in [0.5, 0.6) is 0 Å². The number of rotatable bonds is 5. The van der Waals surface area contributed by atoms with E-state index >= 15 is 0 Å². The smallest absolute Gasteiger partial charge is 0.191 e. The highest BCUT2D eigenvalue weighted by molar-refractivity contribution is 5.80. The number of imidazole rings is 1. The first-order valence-corrected chi connectivity index (χ1v) is 7.17. The summed E-state index contributed by atoms with van der Waals surface area (Å²) in [5.41, 5.74) is 2.09. The van der Waals surface area contributed by atoms with E-state index in [0.717, 1.165) is 35.8 Å². The lowest BCUT2D eigenvalue weighted by molar-refractivity contribution is 0.699. The van der Waals surface area contributed by atoms with E-state index in [1.54, 1.807) is 0 Å². The third-order valence-corrected chi connectivity index (χ3v) is 2.83. The van der Waals surface area contributed by atoms with Crippen molar-refractivity contribution in [1.82, 2.24) is 20.6 Å². The average Bonchev–Trinajstić information content (AvgIpc) is 2.80. The van der Waals surface area contributed by atoms with Gasteiger partial charge in [0.1, 0.15) is 5.82 Å². The maximum absolute atomic E-state index is 4.55. The normalized spacial score (nSPS) is 12.1. The van der Waals surface area contributed by atoms with Crippen molar-refractivity contribution in [3.63, 3.8) is 0 Å². The van der Waals surface area contributed by atoms with Gasteiger partial charge in [0.25, 0.3) is 0 Å². The lowest BCUT2D eigenvalue weighted by Gasteiger charge is -2.13. The van der Waals surface area contributed by atoms with Crippen LogP contribution in [0.15, 0.2) is 29.3 Å². The van der Waals surface area contributed by atoms with Gasteiger partial charge < -0.3 is 15.6 Å². The van der Waals surface area contributed by atoms with Crippen LogP contribution in [0.25, 0.3) is 11.0 Å². The highest BCUT2D eigenvalue weighted by Crippen LogP contribution is 2.10. The van der Waals surface area contributed by atoms with Crippen molar-refractivity contribution in [1.29, 1.82) is 0 Å². The molecule has 5 heteroatoms. The van der Waals surface area contributed by atoms with Crippen molar-refractivity contribution in [2.24, 2.45) is 4.99 Å². The molecule has 0 amide bonds. The van der Waals surface area contributed by atoms with Crippen molar-refractivity contribution in [2.45, 2.75) is 33.2 Å². The number of hydrogen-bond acceptors (Lipinski definition) is 2. The number of nitrogens with zero attached hydrogens (tertiary/aromatic N) is 2. The predicted molar refractivity (Wildman–Crippen MR) is 84.0 cm³/mol. The summed E-state index contributed by atoms with van der Waals surface area (Å²) in [6.45, 7) is 7.85. The number of aliphatic imine (C=N–C) groups is 1. The van der Waals surface area contributed by atoms with E-state index in [4.69, 9.17) is 0 Å². The predicted octanol–water partition coefficient (Wildman–Crippen LogP) is 2.07. The third-order valence-electron chi connectivity index (χ3n) is 2.83. The van der Waals surface area contributed by atoms with Gasteiger partial charge >= 0.3 is 0 Å². The van der Waals surface area contributed by atoms with Crippen LogP contribution < -0.4 is 10.6 Å². The molecule has 108 valence electrons. The molecule has 3 N–H and O–H groups in total. The number of H-pyrrole nitrogens is 1. The van der Waals surface area contributed by atoms with Crippen LogP contribution in [-0.4, -0.2) is 35.1 Å². The lowest BCUT2D eigenvalue weighted by Crippen LogP contribution is -2.41. The summed E-state index contributed by atoms with van der Waals surface area (Å²) in [7, 11) is 0. The van der Waals surface area contributed by atoms with E-state index in [0.29, 0.717) is 12.6 Å². The van der Waals surface area contributed by atoms with Crippen molar-refractivity contribution < 1.29 is 0 Å². The Morgan fingerprint density at radius 2 is 2.15 bits per heavy atom. The Balaban J connectivity index is 1.96. The molecule has 1 aromatic carbocycles. The van der Waals surface area contributed by atoms with E-state index in [1.807, 2.05) is 24.3 Å². The summed E-state index contributed by atoms with van der Waals surface area (Å²) in [5, 5.41) is 6.54. The topological polar surface area (TPSA) is 65.1 Å². The number of nitrogens with one attached hydrogen (secondary N) is 3. The summed E-state index contributed by atoms with van der Waals surface area (Å²) in [6.07, 6.45) is 0.809. The number of para-hydroxylation sites is 2. The quantitative estimate of drug-likeness (QED) is 0.577. The summed E-state index contributed by atoms with van der Waals surface area (Å²) in [6, 6.07) is 8.45. The van der Waals surface area contributed by atoms with Gasteiger partial charge in [0.2, 0.25) is 0 Å². The van der Waals surface area contributed by atoms with E-state index in [1.165, 1.54) is 0 Å². The van der Waals surface area contributed by atoms with Gasteiger partial charge in [0, 0.05) is 25.6 Å². The van der Waals surface area contributed by atoms with Crippen LogP contribution in [0, 0.1) is 0 Å². The van der Waals surface area contributed by atoms with Gasteiger partial charge in [-0.1, -0.05) is 12.1 Å². The molecular weight excluding hydrogens is 250 g/mol. The summed E-state index contributed by atoms with van der Waals surface area (Å²) in [4.78, 5) is 12.4. The van der Waals surface area contributed by atoms with E-state index < -0.39 is 0 Å². The second-order valence-corrected chi connectivity index (χ2v) is 5.01. The monoisotopic (exact) mass is 273 g/mol. The summed E-state index contributed by atoms with van der Waals surface area (Å²) in [5.74, 6) is 1.84. The molecule has 0 aliphatic rings. The molecule has 2 aromatic rings. The Hall–Kier alpha value is -2.04. The van der Waals surface area contributed by atoms with Crippen LogP contribution >= 0.6 is 0 Å². The molecule has 0 fully saturated rings. The minimum atomic E-state index is 0.374. The van der Waals surface area contributed by atoms with Gasteiger partial charge in [-0.2, -0.15) is 0 Å². The molecule has 0 saturated heterocycles. The van der Waals surface area contributed by atoms with E-state index in [9.17, 15) is 0 Å². The molecule has 2 rings (SSSR count). The Kier molecular flexibility index (Phi) is 4.98. The largest absolute Gasteiger partial charge is 0.357 e. The summed E-state index contributed by atoms with van der Waals surface area (Å²) < 4.78 is 0. The zero-order valence-electron chi connectivity index (χ0n) is 12.4. The molecule has 0 unspecified atom stereocenters. The van der Waals surface area contributed by atoms with E-state index in [-0.39, 0.29) is 0 Å². The van der Waals surface area contributed by atoms with Crippen LogP contribution in [0.2, 0.25) is 0 Å². The van der Waals surface area contributed by atoms with Gasteiger partial charge in [-0.15, -0.1) is 0 Å². The van der Waals surface area contributed by atoms with Crippen LogP contribution in [-0.2, 0) is 6.42 Å². The third kappa shape index (κ3) is 3.98. The minimum Gasteiger partial charge on any atom is -0.357 e. The number of fused-ring (bicyclic) bond motifs is 1. The molecule has 0 atom stereocenters. The number of benzene rings is 1. The average molecular weight is 273 g/mol. The molecule has 0 aliphatic carbocycles. The highest BCUT2D eigenvalue weighted by atomic mass is 15.2. The van der Waals surface area contributed by atoms with Gasteiger partial charge in [-0.05, 0) is 32.9 Å². The first-order valence-electron chi connectivity index (χ1n) is 7.17. The number of aromatic amines is 1. The zero-order chi connectivity index (χ0) is 14.4. The van der Waals surface area contributed by atoms with Crippen molar-refractivity contribution in [3.05, 3.63) is 30.1 Å². The maximum Gasteiger partial charge on any atom is 0.191 e. The van der Waals surface area contributed by atoms with E-state index in [2.05, 4.69) is 46.4 Å². The Labute approximate surface area is 119 Å². The molecule has 0 saturated carbocycles. The van der Waals surface area contributed by atoms with Crippen molar-refractivity contribution >= 4 is 17.0 Å². The fraction of sp³-hybridized carbons (Fsp3) is 0.467. The number of aromatic nitrogens is 2. The van der Waals surface area contributed by atoms with Gasteiger partial charge in [-0.3, -0.25) is 4.99 Å². The first kappa shape index (κ1) is 14.4. The molecule has 5 nitrogen and oxygen atoms in total. The summed E-state index contributed by atoms with van der Waals surface area (Å²) >= 11 is 0. The van der Waals surface area contributed by atoms with Crippen LogP contribution in [0.1, 0.15) is 26.6 Å². The molecule has 1 aromatic heterocycles. The standard InChI is InChI=1S/C15H23N5/c1-4-16-15(18-11(2)3)17-10-9-14-19-12-7-5-6-8-13(12)20-14/h5-8,11H,4,9-10H2,1-3H3,(H,19,20)(H2,16,17,18). The maximum atomic E-state index is 4.55. The van der Waals surface area contributed by atoms with Crippen LogP contribution in [0.4, 0.5) is 0 Å². The van der Waals surface area contributed by atoms with Gasteiger partial charge in [0.15, 0.2) is 5.96 Å². The fourth-order valence-electron chi connectivity index (χ4n) is 1.99. The molecule has 0 bridgehead atoms. The van der Waals surface area contributed by atoms with Crippen LogP contribution in [0.3, 0.4) is 0 Å². The lowest BCUT2D eigenvalue weighted by atomic mass is 10.3. The SMILES string of the molecule is CCNC(=NCCc1nc2ccccc2[nH]1)NC(C)C. The molecule has 1 heterocycles. The number of hydrogen-bond donors (Lipinski definition) is 3. The minimum absolute atomic E-state index is 0.374. The van der Waals surface area contributed by atoms with Gasteiger partial charge in [-0.25, -0.2) is 4.98 Å². The second-order valence-electron chi connectivity index (χ2n) is 5.01. The Morgan fingerprint density at radius 3 is 2.85 bits per heavy atom.